The summed E-state index contributed by atoms with van der Waals surface area (Å²) in [6.07, 6.45) is 0. The van der Waals surface area contributed by atoms with Gasteiger partial charge < -0.3 is 9.47 Å². The molecule has 23 heavy (non-hydrogen) atoms. The van der Waals surface area contributed by atoms with E-state index in [0.717, 1.165) is 16.9 Å². The second-order valence-corrected chi connectivity index (χ2v) is 6.05. The topological polar surface area (TPSA) is 35.5 Å². The molecule has 0 aliphatic carbocycles. The van der Waals surface area contributed by atoms with E-state index in [1.807, 2.05) is 36.4 Å². The van der Waals surface area contributed by atoms with Gasteiger partial charge in [-0.05, 0) is 60.7 Å². The van der Waals surface area contributed by atoms with Gasteiger partial charge in [-0.3, -0.25) is 4.79 Å². The fraction of sp³-hybridized carbons (Fsp3) is 0.350. The van der Waals surface area contributed by atoms with Crippen molar-refractivity contribution < 1.29 is 14.3 Å². The molecule has 2 rings (SSSR count). The van der Waals surface area contributed by atoms with E-state index in [-0.39, 0.29) is 5.78 Å². The molecule has 0 fully saturated rings. The summed E-state index contributed by atoms with van der Waals surface area (Å²) >= 11 is 0. The van der Waals surface area contributed by atoms with Crippen LogP contribution in [0.1, 0.15) is 53.7 Å². The number of hydrogen-bond donors (Lipinski definition) is 0. The lowest BCUT2D eigenvalue weighted by Crippen LogP contribution is -2.05. The van der Waals surface area contributed by atoms with Crippen molar-refractivity contribution >= 4 is 5.78 Å². The first-order chi connectivity index (χ1) is 10.9. The van der Waals surface area contributed by atoms with Gasteiger partial charge in [0.25, 0.3) is 0 Å². The number of ether oxygens (including phenoxy) is 2. The maximum atomic E-state index is 12.0. The first-order valence-corrected chi connectivity index (χ1v) is 7.83. The van der Waals surface area contributed by atoms with E-state index >= 15 is 0 Å². The summed E-state index contributed by atoms with van der Waals surface area (Å²) in [4.78, 5) is 12.0. The summed E-state index contributed by atoms with van der Waals surface area (Å²) < 4.78 is 11.1. The largest absolute Gasteiger partial charge is 0.497 e. The van der Waals surface area contributed by atoms with Crippen molar-refractivity contribution in [3.63, 3.8) is 0 Å². The molecule has 2 aromatic rings. The van der Waals surface area contributed by atoms with Gasteiger partial charge in [0.2, 0.25) is 0 Å². The van der Waals surface area contributed by atoms with Gasteiger partial charge in [-0.25, -0.2) is 0 Å². The van der Waals surface area contributed by atoms with Gasteiger partial charge in [0.05, 0.1) is 12.7 Å². The molecule has 122 valence electrons. The molecule has 0 N–H and O–H groups in total. The molecule has 0 atom stereocenters. The normalized spacial score (nSPS) is 10.7. The second kappa shape index (κ2) is 7.32. The monoisotopic (exact) mass is 312 g/mol. The van der Waals surface area contributed by atoms with Gasteiger partial charge in [0.1, 0.15) is 18.1 Å². The first-order valence-electron chi connectivity index (χ1n) is 7.83. The molecule has 2 aromatic carbocycles. The van der Waals surface area contributed by atoms with E-state index < -0.39 is 0 Å². The minimum atomic E-state index is 0.0247. The van der Waals surface area contributed by atoms with E-state index in [1.165, 1.54) is 5.56 Å². The Balaban J connectivity index is 2.24. The smallest absolute Gasteiger partial charge is 0.163 e. The third-order valence-electron chi connectivity index (χ3n) is 3.92. The molecule has 0 saturated carbocycles. The Hall–Kier alpha value is -2.29. The Labute approximate surface area is 138 Å². The molecule has 0 aliphatic heterocycles. The van der Waals surface area contributed by atoms with Crippen molar-refractivity contribution in [2.24, 2.45) is 0 Å². The van der Waals surface area contributed by atoms with Gasteiger partial charge in [0, 0.05) is 0 Å². The highest BCUT2D eigenvalue weighted by Crippen LogP contribution is 2.29. The van der Waals surface area contributed by atoms with E-state index in [4.69, 9.17) is 9.47 Å². The van der Waals surface area contributed by atoms with Crippen molar-refractivity contribution in [2.45, 2.75) is 40.2 Å². The van der Waals surface area contributed by atoms with Gasteiger partial charge in [-0.2, -0.15) is 0 Å². The van der Waals surface area contributed by atoms with Crippen molar-refractivity contribution in [3.05, 3.63) is 58.7 Å². The summed E-state index contributed by atoms with van der Waals surface area (Å²) in [7, 11) is 1.64. The Kier molecular flexibility index (Phi) is 5.43. The van der Waals surface area contributed by atoms with E-state index in [1.54, 1.807) is 14.0 Å². The lowest BCUT2D eigenvalue weighted by molar-refractivity contribution is 0.101. The number of carbonyl (C=O) groups excluding carboxylic acids is 1. The van der Waals surface area contributed by atoms with Crippen molar-refractivity contribution in [1.29, 1.82) is 0 Å². The quantitative estimate of drug-likeness (QED) is 0.711. The molecule has 0 aliphatic rings. The summed E-state index contributed by atoms with van der Waals surface area (Å²) in [5.41, 5.74) is 4.01. The van der Waals surface area contributed by atoms with Gasteiger partial charge >= 0.3 is 0 Å². The third kappa shape index (κ3) is 4.13. The molecule has 0 bridgehead atoms. The Bertz CT molecular complexity index is 685. The molecule has 0 amide bonds. The molecular weight excluding hydrogens is 288 g/mol. The van der Waals surface area contributed by atoms with Crippen LogP contribution in [0.4, 0.5) is 0 Å². The van der Waals surface area contributed by atoms with Crippen LogP contribution in [0.15, 0.2) is 36.4 Å². The maximum Gasteiger partial charge on any atom is 0.163 e. The van der Waals surface area contributed by atoms with E-state index in [9.17, 15) is 4.79 Å². The number of Topliss-reactive ketones (excluding diaryl/α,β-unsaturated/α-hetero) is 1. The second-order valence-electron chi connectivity index (χ2n) is 6.05. The molecule has 0 saturated heterocycles. The number of carbonyl (C=O) groups is 1. The number of hydrogen-bond acceptors (Lipinski definition) is 3. The predicted molar refractivity (Wildman–Crippen MR) is 92.6 cm³/mol. The summed E-state index contributed by atoms with van der Waals surface area (Å²) in [6, 6.07) is 11.7. The zero-order valence-corrected chi connectivity index (χ0v) is 14.5. The lowest BCUT2D eigenvalue weighted by Gasteiger charge is -2.16. The average molecular weight is 312 g/mol. The standard InChI is InChI=1S/C20H24O3/c1-13(2)18-11-19(15(4)21)20(10-14(18)3)23-12-16-6-8-17(22-5)9-7-16/h6-11,13H,12H2,1-5H3. The molecular formula is C20H24O3. The summed E-state index contributed by atoms with van der Waals surface area (Å²) in [6.45, 7) is 8.31. The number of rotatable bonds is 6. The molecule has 0 unspecified atom stereocenters. The number of aryl methyl sites for hydroxylation is 1. The Morgan fingerprint density at radius 2 is 1.78 bits per heavy atom. The van der Waals surface area contributed by atoms with Crippen LogP contribution in [0.25, 0.3) is 0 Å². The van der Waals surface area contributed by atoms with Crippen LogP contribution in [0.2, 0.25) is 0 Å². The Morgan fingerprint density at radius 3 is 2.30 bits per heavy atom. The first kappa shape index (κ1) is 17.1. The van der Waals surface area contributed by atoms with Gasteiger partial charge in [0.15, 0.2) is 5.78 Å². The minimum Gasteiger partial charge on any atom is -0.497 e. The fourth-order valence-corrected chi connectivity index (χ4v) is 2.60. The van der Waals surface area contributed by atoms with Crippen LogP contribution in [-0.4, -0.2) is 12.9 Å². The highest BCUT2D eigenvalue weighted by Gasteiger charge is 2.14. The molecule has 3 nitrogen and oxygen atoms in total. The van der Waals surface area contributed by atoms with Crippen LogP contribution in [0.5, 0.6) is 11.5 Å². The Morgan fingerprint density at radius 1 is 1.13 bits per heavy atom. The highest BCUT2D eigenvalue weighted by molar-refractivity contribution is 5.97. The highest BCUT2D eigenvalue weighted by atomic mass is 16.5. The molecule has 0 heterocycles. The zero-order chi connectivity index (χ0) is 17.0. The van der Waals surface area contributed by atoms with Crippen LogP contribution in [0, 0.1) is 6.92 Å². The fourth-order valence-electron chi connectivity index (χ4n) is 2.60. The van der Waals surface area contributed by atoms with Gasteiger partial charge in [-0.15, -0.1) is 0 Å². The van der Waals surface area contributed by atoms with Crippen LogP contribution < -0.4 is 9.47 Å². The summed E-state index contributed by atoms with van der Waals surface area (Å²) in [5, 5.41) is 0. The number of benzene rings is 2. The van der Waals surface area contributed by atoms with Crippen molar-refractivity contribution in [3.8, 4) is 11.5 Å². The van der Waals surface area contributed by atoms with Crippen LogP contribution in [0.3, 0.4) is 0 Å². The number of ketones is 1. The molecule has 3 heteroatoms. The minimum absolute atomic E-state index is 0.0247. The maximum absolute atomic E-state index is 12.0. The van der Waals surface area contributed by atoms with Crippen LogP contribution in [-0.2, 0) is 6.61 Å². The third-order valence-corrected chi connectivity index (χ3v) is 3.92. The van der Waals surface area contributed by atoms with E-state index in [2.05, 4.69) is 20.8 Å². The summed E-state index contributed by atoms with van der Waals surface area (Å²) in [5.74, 6) is 1.87. The predicted octanol–water partition coefficient (Wildman–Crippen LogP) is 4.91. The average Bonchev–Trinajstić information content (AvgIpc) is 2.52. The van der Waals surface area contributed by atoms with E-state index in [0.29, 0.717) is 23.8 Å². The SMILES string of the molecule is COc1ccc(COc2cc(C)c(C(C)C)cc2C(C)=O)cc1. The number of methoxy groups -OCH3 is 1. The van der Waals surface area contributed by atoms with Crippen molar-refractivity contribution in [2.75, 3.05) is 7.11 Å². The molecule has 0 radical (unpaired) electrons. The zero-order valence-electron chi connectivity index (χ0n) is 14.5. The van der Waals surface area contributed by atoms with Crippen LogP contribution >= 0.6 is 0 Å². The van der Waals surface area contributed by atoms with Crippen molar-refractivity contribution in [1.82, 2.24) is 0 Å². The molecule has 0 spiro atoms. The molecule has 0 aromatic heterocycles. The van der Waals surface area contributed by atoms with Gasteiger partial charge in [-0.1, -0.05) is 26.0 Å². The lowest BCUT2D eigenvalue weighted by atomic mass is 9.94.